The van der Waals surface area contributed by atoms with Crippen LogP contribution in [-0.2, 0) is 28.9 Å². The average Bonchev–Trinajstić information content (AvgIpc) is 3.05. The van der Waals surface area contributed by atoms with E-state index in [4.69, 9.17) is 0 Å². The third-order valence-corrected chi connectivity index (χ3v) is 5.03. The van der Waals surface area contributed by atoms with Gasteiger partial charge in [0.2, 0.25) is 0 Å². The van der Waals surface area contributed by atoms with Crippen molar-refractivity contribution in [3.05, 3.63) is 89.0 Å². The van der Waals surface area contributed by atoms with E-state index in [0.29, 0.717) is 11.3 Å². The molecule has 4 heteroatoms. The lowest BCUT2D eigenvalue weighted by Gasteiger charge is -2.14. The fraction of sp³-hybridized carbons (Fsp3) is 0.240. The molecule has 1 heterocycles. The molecule has 0 atom stereocenters. The summed E-state index contributed by atoms with van der Waals surface area (Å²) in [4.78, 5) is 37.2. The van der Waals surface area contributed by atoms with E-state index >= 15 is 0 Å². The van der Waals surface area contributed by atoms with Crippen LogP contribution in [0.5, 0.6) is 0 Å². The molecule has 0 aliphatic carbocycles. The molecule has 0 saturated carbocycles. The van der Waals surface area contributed by atoms with Crippen LogP contribution in [0.2, 0.25) is 0 Å². The number of hydrogen-bond donors (Lipinski definition) is 0. The first-order valence-electron chi connectivity index (χ1n) is 9.87. The Morgan fingerprint density at radius 2 is 1.48 bits per heavy atom. The second kappa shape index (κ2) is 8.82. The zero-order valence-electron chi connectivity index (χ0n) is 16.9. The number of anilines is 1. The molecule has 0 spiro atoms. The summed E-state index contributed by atoms with van der Waals surface area (Å²) in [5.41, 5.74) is 5.16. The lowest BCUT2D eigenvalue weighted by Crippen LogP contribution is -2.29. The maximum atomic E-state index is 12.5. The topological polar surface area (TPSA) is 54.5 Å². The number of carbonyl (C=O) groups excluding carboxylic acids is 3. The van der Waals surface area contributed by atoms with Crippen LogP contribution >= 0.6 is 0 Å². The van der Waals surface area contributed by atoms with Gasteiger partial charge in [-0.05, 0) is 66.6 Å². The Hall–Kier alpha value is -3.27. The summed E-state index contributed by atoms with van der Waals surface area (Å²) in [6.45, 7) is 7.65. The Bertz CT molecular complexity index is 981. The van der Waals surface area contributed by atoms with Crippen molar-refractivity contribution in [2.24, 2.45) is 0 Å². The molecule has 2 aromatic carbocycles. The Labute approximate surface area is 171 Å². The van der Waals surface area contributed by atoms with E-state index in [1.165, 1.54) is 12.2 Å². The first kappa shape index (κ1) is 20.5. The summed E-state index contributed by atoms with van der Waals surface area (Å²) in [6.07, 6.45) is 6.02. The van der Waals surface area contributed by atoms with Crippen molar-refractivity contribution < 1.29 is 14.4 Å². The smallest absolute Gasteiger partial charge is 0.258 e. The molecular weight excluding hydrogens is 362 g/mol. The third-order valence-electron chi connectivity index (χ3n) is 5.03. The summed E-state index contributed by atoms with van der Waals surface area (Å²) in [5.74, 6) is -0.623. The minimum atomic E-state index is -0.315. The lowest BCUT2D eigenvalue weighted by molar-refractivity contribution is -0.119. The number of imide groups is 1. The van der Waals surface area contributed by atoms with E-state index in [2.05, 4.69) is 25.6 Å². The molecule has 2 aromatic rings. The highest BCUT2D eigenvalue weighted by atomic mass is 16.2. The van der Waals surface area contributed by atoms with Crippen molar-refractivity contribution in [1.82, 2.24) is 0 Å². The molecule has 2 amide bonds. The Balaban J connectivity index is 1.72. The molecule has 0 aromatic heterocycles. The van der Waals surface area contributed by atoms with Crippen LogP contribution in [-0.4, -0.2) is 17.6 Å². The number of carbonyl (C=O) groups is 3. The number of hydrogen-bond acceptors (Lipinski definition) is 3. The zero-order valence-corrected chi connectivity index (χ0v) is 16.9. The largest absolute Gasteiger partial charge is 0.289 e. The van der Waals surface area contributed by atoms with Crippen LogP contribution < -0.4 is 4.90 Å². The number of benzene rings is 2. The minimum Gasteiger partial charge on any atom is -0.289 e. The normalized spacial score (nSPS) is 13.2. The van der Waals surface area contributed by atoms with Crippen LogP contribution in [0.3, 0.4) is 0 Å². The van der Waals surface area contributed by atoms with E-state index in [1.807, 2.05) is 18.2 Å². The van der Waals surface area contributed by atoms with Crippen molar-refractivity contribution >= 4 is 23.3 Å². The Morgan fingerprint density at radius 1 is 0.897 bits per heavy atom. The van der Waals surface area contributed by atoms with Crippen molar-refractivity contribution in [2.45, 2.75) is 39.5 Å². The highest BCUT2D eigenvalue weighted by Crippen LogP contribution is 2.22. The van der Waals surface area contributed by atoms with Crippen LogP contribution in [0.15, 0.2) is 66.8 Å². The average molecular weight is 387 g/mol. The SMILES string of the molecule is C=C(C)C(=O)c1cc(CCc2ccc(N3C(=O)C=CC3=O)cc2)ccc1CCC. The summed E-state index contributed by atoms with van der Waals surface area (Å²) >= 11 is 0. The predicted octanol–water partition coefficient (Wildman–Crippen LogP) is 4.61. The van der Waals surface area contributed by atoms with Crippen molar-refractivity contribution in [1.29, 1.82) is 0 Å². The molecule has 0 unspecified atom stereocenters. The summed E-state index contributed by atoms with van der Waals surface area (Å²) in [6, 6.07) is 13.6. The maximum absolute atomic E-state index is 12.5. The summed E-state index contributed by atoms with van der Waals surface area (Å²) < 4.78 is 0. The van der Waals surface area contributed by atoms with Gasteiger partial charge in [-0.1, -0.05) is 44.2 Å². The van der Waals surface area contributed by atoms with Crippen molar-refractivity contribution in [3.63, 3.8) is 0 Å². The van der Waals surface area contributed by atoms with Gasteiger partial charge in [-0.15, -0.1) is 0 Å². The quantitative estimate of drug-likeness (QED) is 0.377. The van der Waals surface area contributed by atoms with Gasteiger partial charge in [0.25, 0.3) is 11.8 Å². The van der Waals surface area contributed by atoms with Gasteiger partial charge < -0.3 is 0 Å². The molecule has 0 radical (unpaired) electrons. The van der Waals surface area contributed by atoms with Gasteiger partial charge in [0.15, 0.2) is 5.78 Å². The molecule has 0 fully saturated rings. The van der Waals surface area contributed by atoms with E-state index in [9.17, 15) is 14.4 Å². The fourth-order valence-electron chi connectivity index (χ4n) is 3.46. The number of rotatable bonds is 8. The minimum absolute atomic E-state index is 0.00760. The molecule has 0 saturated heterocycles. The van der Waals surface area contributed by atoms with E-state index in [0.717, 1.165) is 52.8 Å². The fourth-order valence-corrected chi connectivity index (χ4v) is 3.46. The molecule has 148 valence electrons. The van der Waals surface area contributed by atoms with Crippen LogP contribution in [0, 0.1) is 0 Å². The molecular formula is C25H25NO3. The summed E-state index contributed by atoms with van der Waals surface area (Å²) in [5, 5.41) is 0. The van der Waals surface area contributed by atoms with Crippen LogP contribution in [0.1, 0.15) is 47.3 Å². The number of aryl methyl sites for hydroxylation is 3. The summed E-state index contributed by atoms with van der Waals surface area (Å²) in [7, 11) is 0. The molecule has 0 bridgehead atoms. The second-order valence-electron chi connectivity index (χ2n) is 7.36. The van der Waals surface area contributed by atoms with Gasteiger partial charge in [-0.25, -0.2) is 4.90 Å². The van der Waals surface area contributed by atoms with E-state index < -0.39 is 0 Å². The second-order valence-corrected chi connectivity index (χ2v) is 7.36. The number of allylic oxidation sites excluding steroid dienone is 1. The van der Waals surface area contributed by atoms with Crippen molar-refractivity contribution in [3.8, 4) is 0 Å². The highest BCUT2D eigenvalue weighted by Gasteiger charge is 2.24. The van der Waals surface area contributed by atoms with Gasteiger partial charge >= 0.3 is 0 Å². The molecule has 4 nitrogen and oxygen atoms in total. The van der Waals surface area contributed by atoms with E-state index in [-0.39, 0.29) is 17.6 Å². The maximum Gasteiger partial charge on any atom is 0.258 e. The first-order valence-corrected chi connectivity index (χ1v) is 9.87. The third kappa shape index (κ3) is 4.60. The predicted molar refractivity (Wildman–Crippen MR) is 115 cm³/mol. The van der Waals surface area contributed by atoms with E-state index in [1.54, 1.807) is 19.1 Å². The molecule has 1 aliphatic rings. The molecule has 0 N–H and O–H groups in total. The molecule has 29 heavy (non-hydrogen) atoms. The van der Waals surface area contributed by atoms with Gasteiger partial charge in [0.05, 0.1) is 5.69 Å². The number of Topliss-reactive ketones (excluding diaryl/α,β-unsaturated/α-hetero) is 1. The highest BCUT2D eigenvalue weighted by molar-refractivity contribution is 6.28. The zero-order chi connectivity index (χ0) is 21.0. The Morgan fingerprint density at radius 3 is 2.07 bits per heavy atom. The number of nitrogens with zero attached hydrogens (tertiary/aromatic N) is 1. The lowest BCUT2D eigenvalue weighted by atomic mass is 9.93. The first-order chi connectivity index (χ1) is 13.9. The van der Waals surface area contributed by atoms with Gasteiger partial charge in [-0.3, -0.25) is 14.4 Å². The van der Waals surface area contributed by atoms with Gasteiger partial charge in [0, 0.05) is 17.7 Å². The molecule has 3 rings (SSSR count). The standard InChI is InChI=1S/C25H25NO3/c1-4-5-20-11-8-19(16-22(20)25(29)17(2)3)7-6-18-9-12-21(13-10-18)26-23(27)14-15-24(26)28/h8-16H,2,4-7H2,1,3H3. The molecule has 1 aliphatic heterocycles. The Kier molecular flexibility index (Phi) is 6.23. The monoisotopic (exact) mass is 387 g/mol. The van der Waals surface area contributed by atoms with Crippen LogP contribution in [0.4, 0.5) is 5.69 Å². The van der Waals surface area contributed by atoms with Crippen molar-refractivity contribution in [2.75, 3.05) is 4.90 Å². The van der Waals surface area contributed by atoms with Gasteiger partial charge in [-0.2, -0.15) is 0 Å². The number of ketones is 1. The van der Waals surface area contributed by atoms with Gasteiger partial charge in [0.1, 0.15) is 0 Å². The van der Waals surface area contributed by atoms with Crippen LogP contribution in [0.25, 0.3) is 0 Å². The number of amides is 2.